The number of likely N-dealkylation sites (tertiary alicyclic amines) is 1. The number of piperidine rings is 1. The Bertz CT molecular complexity index is 805. The van der Waals surface area contributed by atoms with E-state index in [4.69, 9.17) is 0 Å². The maximum absolute atomic E-state index is 12.9. The van der Waals surface area contributed by atoms with Gasteiger partial charge in [-0.2, -0.15) is 0 Å². The molecule has 7 nitrogen and oxygen atoms in total. The van der Waals surface area contributed by atoms with Crippen LogP contribution in [0.4, 0.5) is 0 Å². The molecule has 3 amide bonds. The van der Waals surface area contributed by atoms with Crippen molar-refractivity contribution in [3.63, 3.8) is 0 Å². The Hall–Kier alpha value is -2.67. The van der Waals surface area contributed by atoms with E-state index in [9.17, 15) is 14.4 Å². The van der Waals surface area contributed by atoms with Crippen molar-refractivity contribution in [2.24, 2.45) is 5.92 Å². The van der Waals surface area contributed by atoms with E-state index in [2.05, 4.69) is 10.2 Å². The van der Waals surface area contributed by atoms with E-state index in [0.29, 0.717) is 51.6 Å². The molecule has 0 spiro atoms. The van der Waals surface area contributed by atoms with Gasteiger partial charge in [0.1, 0.15) is 0 Å². The lowest BCUT2D eigenvalue weighted by Crippen LogP contribution is -2.53. The third-order valence-electron chi connectivity index (χ3n) is 6.37. The van der Waals surface area contributed by atoms with Crippen LogP contribution in [0.15, 0.2) is 36.4 Å². The number of amides is 3. The molecule has 3 fully saturated rings. The van der Waals surface area contributed by atoms with Gasteiger partial charge >= 0.3 is 0 Å². The number of carbonyl (C=O) groups is 3. The summed E-state index contributed by atoms with van der Waals surface area (Å²) in [4.78, 5) is 43.2. The molecule has 0 atom stereocenters. The van der Waals surface area contributed by atoms with Gasteiger partial charge in [0, 0.05) is 57.3 Å². The summed E-state index contributed by atoms with van der Waals surface area (Å²) < 4.78 is 0. The number of hydrogen-bond acceptors (Lipinski definition) is 4. The Morgan fingerprint density at radius 2 is 1.55 bits per heavy atom. The predicted molar refractivity (Wildman–Crippen MR) is 119 cm³/mol. The van der Waals surface area contributed by atoms with Crippen LogP contribution in [0.2, 0.25) is 0 Å². The van der Waals surface area contributed by atoms with E-state index in [-0.39, 0.29) is 23.6 Å². The van der Waals surface area contributed by atoms with Gasteiger partial charge in [-0.15, -0.1) is 0 Å². The largest absolute Gasteiger partial charge is 0.352 e. The van der Waals surface area contributed by atoms with Crippen molar-refractivity contribution in [2.75, 3.05) is 45.8 Å². The topological polar surface area (TPSA) is 73.0 Å². The van der Waals surface area contributed by atoms with Gasteiger partial charge in [0.2, 0.25) is 17.7 Å². The van der Waals surface area contributed by atoms with Crippen molar-refractivity contribution in [2.45, 2.75) is 31.7 Å². The van der Waals surface area contributed by atoms with Gasteiger partial charge in [-0.3, -0.25) is 19.3 Å². The van der Waals surface area contributed by atoms with Crippen LogP contribution in [0.3, 0.4) is 0 Å². The van der Waals surface area contributed by atoms with E-state index in [1.807, 2.05) is 46.2 Å². The second-order valence-corrected chi connectivity index (χ2v) is 8.79. The van der Waals surface area contributed by atoms with Crippen LogP contribution in [-0.2, 0) is 14.4 Å². The smallest absolute Gasteiger partial charge is 0.246 e. The highest BCUT2D eigenvalue weighted by Gasteiger charge is 2.32. The standard InChI is InChI=1S/C24H32N4O3/c29-22(25-21-7-8-21)18-26-14-16-28(17-15-26)24(31)20-10-12-27(13-11-20)23(30)9-6-19-4-2-1-3-5-19/h1-6,9,20-21H,7-8,10-18H2,(H,25,29)/b9-6+. The van der Waals surface area contributed by atoms with Gasteiger partial charge in [-0.1, -0.05) is 30.3 Å². The summed E-state index contributed by atoms with van der Waals surface area (Å²) in [5, 5.41) is 3.02. The molecule has 7 heteroatoms. The van der Waals surface area contributed by atoms with Crippen LogP contribution in [0.1, 0.15) is 31.2 Å². The number of carbonyl (C=O) groups excluding carboxylic acids is 3. The molecule has 0 aromatic heterocycles. The zero-order chi connectivity index (χ0) is 21.6. The van der Waals surface area contributed by atoms with Crippen molar-refractivity contribution < 1.29 is 14.4 Å². The molecule has 1 saturated carbocycles. The van der Waals surface area contributed by atoms with Crippen LogP contribution in [-0.4, -0.2) is 84.3 Å². The Morgan fingerprint density at radius 3 is 2.19 bits per heavy atom. The van der Waals surface area contributed by atoms with Crippen LogP contribution in [0.25, 0.3) is 6.08 Å². The second-order valence-electron chi connectivity index (χ2n) is 8.79. The minimum absolute atomic E-state index is 0.00726. The fourth-order valence-corrected chi connectivity index (χ4v) is 4.27. The average molecular weight is 425 g/mol. The number of piperazine rings is 1. The fraction of sp³-hybridized carbons (Fsp3) is 0.542. The van der Waals surface area contributed by atoms with Gasteiger partial charge in [0.05, 0.1) is 6.54 Å². The van der Waals surface area contributed by atoms with Crippen LogP contribution in [0.5, 0.6) is 0 Å². The molecule has 166 valence electrons. The summed E-state index contributed by atoms with van der Waals surface area (Å²) in [5.41, 5.74) is 1.00. The lowest BCUT2D eigenvalue weighted by molar-refractivity contribution is -0.141. The molecule has 2 saturated heterocycles. The van der Waals surface area contributed by atoms with E-state index >= 15 is 0 Å². The summed E-state index contributed by atoms with van der Waals surface area (Å²) in [7, 11) is 0. The van der Waals surface area contributed by atoms with Gasteiger partial charge < -0.3 is 15.1 Å². The van der Waals surface area contributed by atoms with Gasteiger partial charge in [-0.25, -0.2) is 0 Å². The normalized spacial score (nSPS) is 20.8. The van der Waals surface area contributed by atoms with Crippen LogP contribution >= 0.6 is 0 Å². The van der Waals surface area contributed by atoms with Crippen LogP contribution in [0, 0.1) is 5.92 Å². The monoisotopic (exact) mass is 424 g/mol. The highest BCUT2D eigenvalue weighted by Crippen LogP contribution is 2.21. The number of benzene rings is 1. The average Bonchev–Trinajstić information content (AvgIpc) is 3.62. The van der Waals surface area contributed by atoms with Crippen molar-refractivity contribution in [3.8, 4) is 0 Å². The molecular weight excluding hydrogens is 392 g/mol. The summed E-state index contributed by atoms with van der Waals surface area (Å²) in [6.45, 7) is 4.50. The van der Waals surface area contributed by atoms with E-state index in [1.165, 1.54) is 0 Å². The molecule has 1 aromatic carbocycles. The first-order chi connectivity index (χ1) is 15.1. The molecule has 4 rings (SSSR count). The van der Waals surface area contributed by atoms with Crippen molar-refractivity contribution >= 4 is 23.8 Å². The number of rotatable bonds is 6. The van der Waals surface area contributed by atoms with E-state index in [0.717, 1.165) is 31.5 Å². The predicted octanol–water partition coefficient (Wildman–Crippen LogP) is 1.36. The molecule has 2 heterocycles. The second kappa shape index (κ2) is 10.1. The van der Waals surface area contributed by atoms with E-state index in [1.54, 1.807) is 6.08 Å². The number of nitrogens with zero attached hydrogens (tertiary/aromatic N) is 3. The lowest BCUT2D eigenvalue weighted by atomic mass is 9.95. The third kappa shape index (κ3) is 6.17. The number of hydrogen-bond donors (Lipinski definition) is 1. The molecule has 0 radical (unpaired) electrons. The van der Waals surface area contributed by atoms with Crippen LogP contribution < -0.4 is 5.32 Å². The highest BCUT2D eigenvalue weighted by molar-refractivity contribution is 5.92. The first kappa shape index (κ1) is 21.6. The Balaban J connectivity index is 1.17. The zero-order valence-corrected chi connectivity index (χ0v) is 18.0. The molecule has 1 aromatic rings. The van der Waals surface area contributed by atoms with Gasteiger partial charge in [0.25, 0.3) is 0 Å². The summed E-state index contributed by atoms with van der Waals surface area (Å²) in [6.07, 6.45) is 7.09. The zero-order valence-electron chi connectivity index (χ0n) is 18.0. The minimum atomic E-state index is -0.00753. The van der Waals surface area contributed by atoms with Crippen molar-refractivity contribution in [1.29, 1.82) is 0 Å². The molecule has 1 aliphatic carbocycles. The molecule has 0 unspecified atom stereocenters. The maximum atomic E-state index is 12.9. The third-order valence-corrected chi connectivity index (χ3v) is 6.37. The quantitative estimate of drug-likeness (QED) is 0.700. The highest BCUT2D eigenvalue weighted by atomic mass is 16.2. The summed E-state index contributed by atoms with van der Waals surface area (Å²) >= 11 is 0. The molecule has 31 heavy (non-hydrogen) atoms. The molecule has 3 aliphatic rings. The molecular formula is C24H32N4O3. The lowest BCUT2D eigenvalue weighted by Gasteiger charge is -2.38. The summed E-state index contributed by atoms with van der Waals surface area (Å²) in [5.74, 6) is 0.300. The maximum Gasteiger partial charge on any atom is 0.246 e. The number of nitrogens with one attached hydrogen (secondary N) is 1. The van der Waals surface area contributed by atoms with Crippen molar-refractivity contribution in [1.82, 2.24) is 20.0 Å². The first-order valence-electron chi connectivity index (χ1n) is 11.4. The van der Waals surface area contributed by atoms with Gasteiger partial charge in [0.15, 0.2) is 0 Å². The van der Waals surface area contributed by atoms with Crippen molar-refractivity contribution in [3.05, 3.63) is 42.0 Å². The Morgan fingerprint density at radius 1 is 0.871 bits per heavy atom. The Kier molecular flexibility index (Phi) is 7.02. The van der Waals surface area contributed by atoms with Gasteiger partial charge in [-0.05, 0) is 37.3 Å². The van der Waals surface area contributed by atoms with E-state index < -0.39 is 0 Å². The molecule has 1 N–H and O–H groups in total. The Labute approximate surface area is 184 Å². The molecule has 2 aliphatic heterocycles. The molecule has 0 bridgehead atoms. The summed E-state index contributed by atoms with van der Waals surface area (Å²) in [6, 6.07) is 10.2. The SMILES string of the molecule is O=C(CN1CCN(C(=O)C2CCN(C(=O)/C=C/c3ccccc3)CC2)CC1)NC1CC1. The fourth-order valence-electron chi connectivity index (χ4n) is 4.27. The first-order valence-corrected chi connectivity index (χ1v) is 11.4. The minimum Gasteiger partial charge on any atom is -0.352 e.